The molecule has 1 aromatic carbocycles. The molecule has 4 nitrogen and oxygen atoms in total. The van der Waals surface area contributed by atoms with Crippen molar-refractivity contribution >= 4 is 40.8 Å². The standard InChI is InChI=1S/C12H6Cl3NO3/c13-7-3-8(14)5-9(4-7)19-11-2-6(12(17)18)1-10(15)16-11/h1-5H,(H,17,18). The number of hydrogen-bond donors (Lipinski definition) is 1. The summed E-state index contributed by atoms with van der Waals surface area (Å²) in [5, 5.41) is 9.70. The monoisotopic (exact) mass is 317 g/mol. The molecule has 0 fully saturated rings. The maximum atomic E-state index is 10.9. The number of rotatable bonds is 3. The predicted molar refractivity (Wildman–Crippen MR) is 72.7 cm³/mol. The number of carbonyl (C=O) groups is 1. The summed E-state index contributed by atoms with van der Waals surface area (Å²) in [7, 11) is 0. The molecule has 0 saturated heterocycles. The normalized spacial score (nSPS) is 10.3. The van der Waals surface area contributed by atoms with Gasteiger partial charge in [0.2, 0.25) is 5.88 Å². The fraction of sp³-hybridized carbons (Fsp3) is 0. The summed E-state index contributed by atoms with van der Waals surface area (Å²) in [6, 6.07) is 7.07. The van der Waals surface area contributed by atoms with E-state index >= 15 is 0 Å². The van der Waals surface area contributed by atoms with Crippen LogP contribution in [-0.2, 0) is 0 Å². The van der Waals surface area contributed by atoms with Gasteiger partial charge < -0.3 is 9.84 Å². The molecule has 7 heteroatoms. The van der Waals surface area contributed by atoms with E-state index in [0.29, 0.717) is 15.8 Å². The minimum absolute atomic E-state index is 0.0167. The third-order valence-corrected chi connectivity index (χ3v) is 2.71. The van der Waals surface area contributed by atoms with Gasteiger partial charge >= 0.3 is 5.97 Å². The van der Waals surface area contributed by atoms with Crippen molar-refractivity contribution < 1.29 is 14.6 Å². The summed E-state index contributed by atoms with van der Waals surface area (Å²) >= 11 is 17.4. The van der Waals surface area contributed by atoms with Gasteiger partial charge in [-0.25, -0.2) is 9.78 Å². The van der Waals surface area contributed by atoms with E-state index in [1.807, 2.05) is 0 Å². The van der Waals surface area contributed by atoms with Crippen LogP contribution in [0.4, 0.5) is 0 Å². The molecule has 98 valence electrons. The molecule has 1 N–H and O–H groups in total. The summed E-state index contributed by atoms with van der Waals surface area (Å²) in [5.74, 6) is -0.745. The van der Waals surface area contributed by atoms with Gasteiger partial charge in [-0.15, -0.1) is 0 Å². The molecule has 19 heavy (non-hydrogen) atoms. The van der Waals surface area contributed by atoms with Crippen LogP contribution in [-0.4, -0.2) is 16.1 Å². The highest BCUT2D eigenvalue weighted by Gasteiger charge is 2.09. The third-order valence-electron chi connectivity index (χ3n) is 2.08. The Morgan fingerprint density at radius 1 is 1.05 bits per heavy atom. The number of pyridine rings is 1. The molecular weight excluding hydrogens is 312 g/mol. The van der Waals surface area contributed by atoms with Crippen LogP contribution in [0.15, 0.2) is 30.3 Å². The van der Waals surface area contributed by atoms with Gasteiger partial charge in [-0.2, -0.15) is 0 Å². The van der Waals surface area contributed by atoms with E-state index in [4.69, 9.17) is 44.6 Å². The van der Waals surface area contributed by atoms with Crippen LogP contribution in [0.5, 0.6) is 11.6 Å². The molecule has 0 aliphatic rings. The lowest BCUT2D eigenvalue weighted by Gasteiger charge is -2.07. The van der Waals surface area contributed by atoms with E-state index in [-0.39, 0.29) is 16.6 Å². The summed E-state index contributed by atoms with van der Waals surface area (Å²) in [5.41, 5.74) is -0.0249. The van der Waals surface area contributed by atoms with Gasteiger partial charge in [-0.05, 0) is 24.3 Å². The predicted octanol–water partition coefficient (Wildman–Crippen LogP) is 4.53. The van der Waals surface area contributed by atoms with Crippen LogP contribution >= 0.6 is 34.8 Å². The number of benzene rings is 1. The smallest absolute Gasteiger partial charge is 0.335 e. The van der Waals surface area contributed by atoms with Crippen LogP contribution in [0.1, 0.15) is 10.4 Å². The molecule has 0 aliphatic carbocycles. The van der Waals surface area contributed by atoms with Gasteiger partial charge in [-0.3, -0.25) is 0 Å². The first-order chi connectivity index (χ1) is 8.94. The molecular formula is C12H6Cl3NO3. The largest absolute Gasteiger partial charge is 0.478 e. The van der Waals surface area contributed by atoms with Gasteiger partial charge in [0.15, 0.2) is 0 Å². The fourth-order valence-electron chi connectivity index (χ4n) is 1.36. The number of ether oxygens (including phenoxy) is 1. The summed E-state index contributed by atoms with van der Waals surface area (Å²) in [4.78, 5) is 14.7. The zero-order chi connectivity index (χ0) is 14.0. The molecule has 0 atom stereocenters. The Morgan fingerprint density at radius 3 is 2.26 bits per heavy atom. The van der Waals surface area contributed by atoms with Gasteiger partial charge in [0.1, 0.15) is 10.9 Å². The molecule has 0 spiro atoms. The number of aromatic nitrogens is 1. The second-order valence-electron chi connectivity index (χ2n) is 3.53. The van der Waals surface area contributed by atoms with E-state index in [1.54, 1.807) is 6.07 Å². The molecule has 1 aromatic heterocycles. The maximum Gasteiger partial charge on any atom is 0.335 e. The van der Waals surface area contributed by atoms with E-state index in [0.717, 1.165) is 0 Å². The quantitative estimate of drug-likeness (QED) is 0.844. The van der Waals surface area contributed by atoms with E-state index in [9.17, 15) is 4.79 Å². The molecule has 1 heterocycles. The molecule has 2 aromatic rings. The Morgan fingerprint density at radius 2 is 1.68 bits per heavy atom. The van der Waals surface area contributed by atoms with Gasteiger partial charge in [0.05, 0.1) is 5.56 Å². The van der Waals surface area contributed by atoms with E-state index in [1.165, 1.54) is 24.3 Å². The van der Waals surface area contributed by atoms with Gasteiger partial charge in [0.25, 0.3) is 0 Å². The number of nitrogens with zero attached hydrogens (tertiary/aromatic N) is 1. The van der Waals surface area contributed by atoms with Crippen molar-refractivity contribution in [2.45, 2.75) is 0 Å². The topological polar surface area (TPSA) is 59.4 Å². The minimum atomic E-state index is -1.13. The number of carboxylic acid groups (broad SMARTS) is 1. The van der Waals surface area contributed by atoms with Crippen molar-refractivity contribution in [3.8, 4) is 11.6 Å². The van der Waals surface area contributed by atoms with E-state index in [2.05, 4.69) is 4.98 Å². The lowest BCUT2D eigenvalue weighted by atomic mass is 10.3. The number of aromatic carboxylic acids is 1. The zero-order valence-corrected chi connectivity index (χ0v) is 11.5. The van der Waals surface area contributed by atoms with Crippen LogP contribution < -0.4 is 4.74 Å². The third kappa shape index (κ3) is 3.73. The van der Waals surface area contributed by atoms with Gasteiger partial charge in [-0.1, -0.05) is 34.8 Å². The first kappa shape index (κ1) is 13.9. The summed E-state index contributed by atoms with van der Waals surface area (Å²) < 4.78 is 5.38. The van der Waals surface area contributed by atoms with Crippen LogP contribution in [0.25, 0.3) is 0 Å². The Hall–Kier alpha value is -1.49. The molecule has 0 bridgehead atoms. The molecule has 2 rings (SSSR count). The van der Waals surface area contributed by atoms with Crippen LogP contribution in [0.2, 0.25) is 15.2 Å². The summed E-state index contributed by atoms with van der Waals surface area (Å²) in [6.07, 6.45) is 0. The summed E-state index contributed by atoms with van der Waals surface area (Å²) in [6.45, 7) is 0. The van der Waals surface area contributed by atoms with Crippen LogP contribution in [0, 0.1) is 0 Å². The first-order valence-electron chi connectivity index (χ1n) is 4.99. The molecule has 0 amide bonds. The second kappa shape index (κ2) is 5.65. The molecule has 0 radical (unpaired) electrons. The lowest BCUT2D eigenvalue weighted by molar-refractivity contribution is 0.0696. The Kier molecular flexibility index (Phi) is 4.14. The minimum Gasteiger partial charge on any atom is -0.478 e. The SMILES string of the molecule is O=C(O)c1cc(Cl)nc(Oc2cc(Cl)cc(Cl)c2)c1. The van der Waals surface area contributed by atoms with Crippen molar-refractivity contribution in [2.75, 3.05) is 0 Å². The van der Waals surface area contributed by atoms with Crippen molar-refractivity contribution in [1.82, 2.24) is 4.98 Å². The molecule has 0 saturated carbocycles. The fourth-order valence-corrected chi connectivity index (χ4v) is 2.06. The first-order valence-corrected chi connectivity index (χ1v) is 6.12. The van der Waals surface area contributed by atoms with Crippen molar-refractivity contribution in [3.63, 3.8) is 0 Å². The number of halogens is 3. The van der Waals surface area contributed by atoms with Crippen molar-refractivity contribution in [1.29, 1.82) is 0 Å². The average molecular weight is 319 g/mol. The Balaban J connectivity index is 2.35. The number of hydrogen-bond acceptors (Lipinski definition) is 3. The average Bonchev–Trinajstić information content (AvgIpc) is 2.26. The van der Waals surface area contributed by atoms with Crippen molar-refractivity contribution in [3.05, 3.63) is 51.1 Å². The highest BCUT2D eigenvalue weighted by atomic mass is 35.5. The Labute approximate surface area is 123 Å². The highest BCUT2D eigenvalue weighted by Crippen LogP contribution is 2.28. The second-order valence-corrected chi connectivity index (χ2v) is 4.79. The highest BCUT2D eigenvalue weighted by molar-refractivity contribution is 6.34. The Bertz CT molecular complexity index is 626. The number of carboxylic acids is 1. The van der Waals surface area contributed by atoms with E-state index < -0.39 is 5.97 Å². The maximum absolute atomic E-state index is 10.9. The molecule has 0 aliphatic heterocycles. The zero-order valence-electron chi connectivity index (χ0n) is 9.23. The van der Waals surface area contributed by atoms with Gasteiger partial charge in [0, 0.05) is 16.1 Å². The molecule has 0 unspecified atom stereocenters. The van der Waals surface area contributed by atoms with Crippen molar-refractivity contribution in [2.24, 2.45) is 0 Å². The lowest BCUT2D eigenvalue weighted by Crippen LogP contribution is -1.98. The van der Waals surface area contributed by atoms with Crippen LogP contribution in [0.3, 0.4) is 0 Å².